The van der Waals surface area contributed by atoms with Crippen LogP contribution in [0.3, 0.4) is 0 Å². The number of carbonyl (C=O) groups excluding carboxylic acids is 1. The molecule has 2 rings (SSSR count). The number of amides is 1. The van der Waals surface area contributed by atoms with E-state index >= 15 is 0 Å². The summed E-state index contributed by atoms with van der Waals surface area (Å²) in [6.07, 6.45) is 6.95. The fraction of sp³-hybridized carbons (Fsp3) is 0.600. The molecule has 5 nitrogen and oxygen atoms in total. The Hall–Kier alpha value is -1.43. The van der Waals surface area contributed by atoms with Crippen molar-refractivity contribution >= 4 is 15.7 Å². The lowest BCUT2D eigenvalue weighted by atomic mass is 9.86. The van der Waals surface area contributed by atoms with Crippen LogP contribution >= 0.6 is 0 Å². The van der Waals surface area contributed by atoms with Crippen molar-refractivity contribution in [3.8, 4) is 0 Å². The molecule has 0 radical (unpaired) electrons. The second-order valence-electron chi connectivity index (χ2n) is 5.73. The summed E-state index contributed by atoms with van der Waals surface area (Å²) in [7, 11) is -3.45. The molecule has 0 saturated heterocycles. The maximum atomic E-state index is 11.9. The lowest BCUT2D eigenvalue weighted by molar-refractivity contribution is -0.119. The SMILES string of the molecule is CC(=O)NC(c1cccc(C2CCCCC2)n1)S(C)(=O)=O. The van der Waals surface area contributed by atoms with Gasteiger partial charge in [-0.3, -0.25) is 9.78 Å². The van der Waals surface area contributed by atoms with Gasteiger partial charge < -0.3 is 5.32 Å². The van der Waals surface area contributed by atoms with Crippen molar-refractivity contribution in [2.24, 2.45) is 0 Å². The number of pyridine rings is 1. The summed E-state index contributed by atoms with van der Waals surface area (Å²) in [4.78, 5) is 15.8. The predicted molar refractivity (Wildman–Crippen MR) is 81.5 cm³/mol. The molecular formula is C15H22N2O3S. The van der Waals surface area contributed by atoms with Gasteiger partial charge in [0.05, 0.1) is 5.69 Å². The van der Waals surface area contributed by atoms with Crippen LogP contribution in [-0.2, 0) is 14.6 Å². The van der Waals surface area contributed by atoms with E-state index in [1.165, 1.54) is 26.2 Å². The van der Waals surface area contributed by atoms with Crippen LogP contribution in [0.1, 0.15) is 61.7 Å². The monoisotopic (exact) mass is 310 g/mol. The molecule has 6 heteroatoms. The number of sulfone groups is 1. The van der Waals surface area contributed by atoms with Crippen LogP contribution in [0, 0.1) is 0 Å². The van der Waals surface area contributed by atoms with E-state index in [9.17, 15) is 13.2 Å². The summed E-state index contributed by atoms with van der Waals surface area (Å²) in [5, 5.41) is 1.41. The molecule has 1 aliphatic carbocycles. The number of nitrogens with one attached hydrogen (secondary N) is 1. The Labute approximate surface area is 126 Å². The van der Waals surface area contributed by atoms with Crippen LogP contribution < -0.4 is 5.32 Å². The van der Waals surface area contributed by atoms with Crippen molar-refractivity contribution in [1.29, 1.82) is 0 Å². The zero-order chi connectivity index (χ0) is 15.5. The third kappa shape index (κ3) is 4.27. The molecule has 1 saturated carbocycles. The van der Waals surface area contributed by atoms with E-state index in [2.05, 4.69) is 10.3 Å². The number of hydrogen-bond acceptors (Lipinski definition) is 4. The molecule has 1 N–H and O–H groups in total. The summed E-state index contributed by atoms with van der Waals surface area (Å²) in [5.74, 6) is 0.0199. The van der Waals surface area contributed by atoms with Crippen LogP contribution in [0.15, 0.2) is 18.2 Å². The molecule has 1 aromatic heterocycles. The highest BCUT2D eigenvalue weighted by molar-refractivity contribution is 7.90. The Balaban J connectivity index is 2.31. The lowest BCUT2D eigenvalue weighted by Gasteiger charge is -2.22. The zero-order valence-electron chi connectivity index (χ0n) is 12.5. The first-order valence-corrected chi connectivity index (χ1v) is 9.26. The lowest BCUT2D eigenvalue weighted by Crippen LogP contribution is -2.32. The van der Waals surface area contributed by atoms with Crippen molar-refractivity contribution in [2.45, 2.75) is 50.3 Å². The topological polar surface area (TPSA) is 76.1 Å². The van der Waals surface area contributed by atoms with Crippen molar-refractivity contribution in [3.63, 3.8) is 0 Å². The van der Waals surface area contributed by atoms with Crippen molar-refractivity contribution < 1.29 is 13.2 Å². The van der Waals surface area contributed by atoms with Gasteiger partial charge in [0.15, 0.2) is 15.2 Å². The largest absolute Gasteiger partial charge is 0.335 e. The molecule has 116 valence electrons. The molecule has 21 heavy (non-hydrogen) atoms. The first-order valence-electron chi connectivity index (χ1n) is 7.31. The minimum atomic E-state index is -3.45. The van der Waals surface area contributed by atoms with Crippen LogP contribution in [0.4, 0.5) is 0 Å². The summed E-state index contributed by atoms with van der Waals surface area (Å²) < 4.78 is 23.8. The molecule has 1 heterocycles. The molecule has 1 atom stereocenters. The van der Waals surface area contributed by atoms with Crippen LogP contribution in [-0.4, -0.2) is 25.6 Å². The molecule has 0 bridgehead atoms. The average molecular weight is 310 g/mol. The zero-order valence-corrected chi connectivity index (χ0v) is 13.3. The molecule has 0 aromatic carbocycles. The van der Waals surface area contributed by atoms with E-state index in [-0.39, 0.29) is 5.91 Å². The van der Waals surface area contributed by atoms with Gasteiger partial charge in [-0.2, -0.15) is 0 Å². The minimum Gasteiger partial charge on any atom is -0.335 e. The number of rotatable bonds is 4. The molecule has 1 amide bonds. The van der Waals surface area contributed by atoms with E-state index < -0.39 is 15.2 Å². The van der Waals surface area contributed by atoms with E-state index in [1.54, 1.807) is 6.07 Å². The van der Waals surface area contributed by atoms with E-state index in [0.29, 0.717) is 11.6 Å². The van der Waals surface area contributed by atoms with E-state index in [1.807, 2.05) is 12.1 Å². The van der Waals surface area contributed by atoms with Gasteiger partial charge in [0.25, 0.3) is 0 Å². The molecule has 0 spiro atoms. The summed E-state index contributed by atoms with van der Waals surface area (Å²) in [5.41, 5.74) is 1.34. The molecule has 1 fully saturated rings. The maximum absolute atomic E-state index is 11.9. The maximum Gasteiger partial charge on any atom is 0.218 e. The smallest absolute Gasteiger partial charge is 0.218 e. The fourth-order valence-corrected chi connectivity index (χ4v) is 3.78. The number of aromatic nitrogens is 1. The molecule has 0 aliphatic heterocycles. The standard InChI is InChI=1S/C15H22N2O3S/c1-11(18)16-15(21(2,19)20)14-10-6-9-13(17-14)12-7-4-3-5-8-12/h6,9-10,12,15H,3-5,7-8H2,1-2H3,(H,16,18). The van der Waals surface area contributed by atoms with Crippen molar-refractivity contribution in [1.82, 2.24) is 10.3 Å². The van der Waals surface area contributed by atoms with Gasteiger partial charge in [-0.25, -0.2) is 8.42 Å². The molecular weight excluding hydrogens is 288 g/mol. The number of hydrogen-bond donors (Lipinski definition) is 1. The van der Waals surface area contributed by atoms with Gasteiger partial charge in [-0.05, 0) is 25.0 Å². The second kappa shape index (κ2) is 6.56. The van der Waals surface area contributed by atoms with Gasteiger partial charge in [0.1, 0.15) is 0 Å². The van der Waals surface area contributed by atoms with Gasteiger partial charge >= 0.3 is 0 Å². The summed E-state index contributed by atoms with van der Waals surface area (Å²) in [6, 6.07) is 5.44. The highest BCUT2D eigenvalue weighted by Gasteiger charge is 2.26. The Morgan fingerprint density at radius 1 is 1.29 bits per heavy atom. The van der Waals surface area contributed by atoms with E-state index in [4.69, 9.17) is 0 Å². The quantitative estimate of drug-likeness (QED) is 0.926. The first-order chi connectivity index (χ1) is 9.88. The molecule has 1 aliphatic rings. The highest BCUT2D eigenvalue weighted by Crippen LogP contribution is 2.32. The third-order valence-corrected chi connectivity index (χ3v) is 5.06. The predicted octanol–water partition coefficient (Wildman–Crippen LogP) is 2.31. The van der Waals surface area contributed by atoms with Crippen molar-refractivity contribution in [2.75, 3.05) is 6.26 Å². The number of carbonyl (C=O) groups is 1. The normalized spacial score (nSPS) is 18.2. The Bertz CT molecular complexity index is 607. The fourth-order valence-electron chi connectivity index (χ4n) is 2.83. The minimum absolute atomic E-state index is 0.379. The van der Waals surface area contributed by atoms with Crippen molar-refractivity contribution in [3.05, 3.63) is 29.6 Å². The van der Waals surface area contributed by atoms with Crippen LogP contribution in [0.5, 0.6) is 0 Å². The Morgan fingerprint density at radius 2 is 1.95 bits per heavy atom. The van der Waals surface area contributed by atoms with Gasteiger partial charge in [-0.15, -0.1) is 0 Å². The second-order valence-corrected chi connectivity index (χ2v) is 7.86. The Morgan fingerprint density at radius 3 is 2.52 bits per heavy atom. The number of nitrogens with zero attached hydrogens (tertiary/aromatic N) is 1. The average Bonchev–Trinajstić information content (AvgIpc) is 2.44. The first kappa shape index (κ1) is 15.9. The van der Waals surface area contributed by atoms with Crippen LogP contribution in [0.2, 0.25) is 0 Å². The van der Waals surface area contributed by atoms with Crippen LogP contribution in [0.25, 0.3) is 0 Å². The highest BCUT2D eigenvalue weighted by atomic mass is 32.2. The van der Waals surface area contributed by atoms with E-state index in [0.717, 1.165) is 24.8 Å². The molecule has 1 aromatic rings. The molecule has 1 unspecified atom stereocenters. The van der Waals surface area contributed by atoms with Gasteiger partial charge in [0.2, 0.25) is 5.91 Å². The third-order valence-electron chi connectivity index (χ3n) is 3.85. The van der Waals surface area contributed by atoms with Gasteiger partial charge in [0, 0.05) is 24.8 Å². The summed E-state index contributed by atoms with van der Waals surface area (Å²) in [6.45, 7) is 1.31. The summed E-state index contributed by atoms with van der Waals surface area (Å²) >= 11 is 0. The van der Waals surface area contributed by atoms with Gasteiger partial charge in [-0.1, -0.05) is 25.3 Å². The Kier molecular flexibility index (Phi) is 4.98.